The predicted molar refractivity (Wildman–Crippen MR) is 60.9 cm³/mol. The van der Waals surface area contributed by atoms with E-state index < -0.39 is 0 Å². The first-order chi connectivity index (χ1) is 7.06. The van der Waals surface area contributed by atoms with Crippen molar-refractivity contribution in [3.63, 3.8) is 0 Å². The summed E-state index contributed by atoms with van der Waals surface area (Å²) >= 11 is 0. The van der Waals surface area contributed by atoms with Gasteiger partial charge in [0, 0.05) is 44.8 Å². The van der Waals surface area contributed by atoms with Crippen LogP contribution in [0.5, 0.6) is 0 Å². The highest BCUT2D eigenvalue weighted by Gasteiger charge is 2.24. The van der Waals surface area contributed by atoms with Crippen molar-refractivity contribution >= 4 is 11.5 Å². The van der Waals surface area contributed by atoms with Crippen LogP contribution in [0.4, 0.5) is 0 Å². The highest BCUT2D eigenvalue weighted by molar-refractivity contribution is 6.28. The molecule has 0 aromatic carbocycles. The predicted octanol–water partition coefficient (Wildman–Crippen LogP) is 0.918. The molecule has 0 amide bonds. The van der Waals surface area contributed by atoms with Crippen LogP contribution >= 0.6 is 0 Å². The van der Waals surface area contributed by atoms with Crippen molar-refractivity contribution < 1.29 is 4.79 Å². The van der Waals surface area contributed by atoms with Gasteiger partial charge in [-0.15, -0.1) is 0 Å². The number of rotatable bonds is 2. The van der Waals surface area contributed by atoms with E-state index in [2.05, 4.69) is 5.32 Å². The van der Waals surface area contributed by atoms with E-state index in [0.29, 0.717) is 24.1 Å². The topological polar surface area (TPSA) is 56.2 Å². The minimum absolute atomic E-state index is 0.0331. The molecule has 0 atom stereocenters. The number of Topliss-reactive ketones (excluding diaryl/α,β-unsaturated/α-hetero) is 1. The van der Waals surface area contributed by atoms with Crippen LogP contribution in [0, 0.1) is 5.41 Å². The van der Waals surface area contributed by atoms with Crippen molar-refractivity contribution in [2.45, 2.75) is 12.8 Å². The standard InChI is InChI=1S/C11H17N3O/c1-13-6-9-10(12)5-4-8(11(9)15)7-14(2)3/h6-7,12-13H,4-5H2,1-3H3/b8-7-,9-6+,12-10?. The highest BCUT2D eigenvalue weighted by atomic mass is 16.1. The van der Waals surface area contributed by atoms with Crippen molar-refractivity contribution in [1.29, 1.82) is 5.41 Å². The summed E-state index contributed by atoms with van der Waals surface area (Å²) in [5.41, 5.74) is 1.68. The molecule has 0 radical (unpaired) electrons. The molecule has 0 aliphatic heterocycles. The third kappa shape index (κ3) is 2.68. The second kappa shape index (κ2) is 4.77. The lowest BCUT2D eigenvalue weighted by molar-refractivity contribution is -0.112. The minimum Gasteiger partial charge on any atom is -0.393 e. The second-order valence-corrected chi connectivity index (χ2v) is 3.77. The van der Waals surface area contributed by atoms with Gasteiger partial charge in [0.2, 0.25) is 0 Å². The zero-order chi connectivity index (χ0) is 11.4. The van der Waals surface area contributed by atoms with Gasteiger partial charge in [0.05, 0.1) is 5.57 Å². The molecule has 1 saturated carbocycles. The molecule has 4 nitrogen and oxygen atoms in total. The molecular weight excluding hydrogens is 190 g/mol. The minimum atomic E-state index is -0.0331. The van der Waals surface area contributed by atoms with E-state index in [1.807, 2.05) is 25.2 Å². The first-order valence-electron chi connectivity index (χ1n) is 4.93. The molecule has 0 unspecified atom stereocenters. The molecule has 0 aromatic rings. The lowest BCUT2D eigenvalue weighted by Gasteiger charge is -2.19. The molecule has 2 N–H and O–H groups in total. The molecule has 0 heterocycles. The van der Waals surface area contributed by atoms with Crippen LogP contribution in [-0.2, 0) is 4.79 Å². The van der Waals surface area contributed by atoms with Crippen molar-refractivity contribution in [3.05, 3.63) is 23.5 Å². The summed E-state index contributed by atoms with van der Waals surface area (Å²) in [5.74, 6) is -0.0331. The van der Waals surface area contributed by atoms with Gasteiger partial charge in [-0.1, -0.05) is 0 Å². The van der Waals surface area contributed by atoms with Crippen molar-refractivity contribution in [1.82, 2.24) is 10.2 Å². The largest absolute Gasteiger partial charge is 0.393 e. The summed E-state index contributed by atoms with van der Waals surface area (Å²) in [5, 5.41) is 10.5. The van der Waals surface area contributed by atoms with Crippen LogP contribution < -0.4 is 5.32 Å². The Kier molecular flexibility index (Phi) is 3.66. The fourth-order valence-corrected chi connectivity index (χ4v) is 1.55. The molecule has 1 aliphatic carbocycles. The Morgan fingerprint density at radius 3 is 2.60 bits per heavy atom. The third-order valence-corrected chi connectivity index (χ3v) is 2.21. The molecule has 15 heavy (non-hydrogen) atoms. The van der Waals surface area contributed by atoms with Crippen LogP contribution in [0.3, 0.4) is 0 Å². The third-order valence-electron chi connectivity index (χ3n) is 2.21. The smallest absolute Gasteiger partial charge is 0.193 e. The zero-order valence-corrected chi connectivity index (χ0v) is 9.42. The summed E-state index contributed by atoms with van der Waals surface area (Å²) in [6, 6.07) is 0. The van der Waals surface area contributed by atoms with Gasteiger partial charge in [-0.2, -0.15) is 0 Å². The molecule has 1 rings (SSSR count). The van der Waals surface area contributed by atoms with Gasteiger partial charge in [0.15, 0.2) is 5.78 Å². The SMILES string of the molecule is CN/C=C1\C(=N)CC/C(=C/N(C)C)C1=O. The number of hydrogen-bond acceptors (Lipinski definition) is 4. The Morgan fingerprint density at radius 1 is 1.40 bits per heavy atom. The summed E-state index contributed by atoms with van der Waals surface area (Å²) in [7, 11) is 5.51. The summed E-state index contributed by atoms with van der Waals surface area (Å²) < 4.78 is 0. The normalized spacial score (nSPS) is 22.3. The molecule has 4 heteroatoms. The second-order valence-electron chi connectivity index (χ2n) is 3.77. The zero-order valence-electron chi connectivity index (χ0n) is 9.42. The Balaban J connectivity index is 2.97. The summed E-state index contributed by atoms with van der Waals surface area (Å²) in [4.78, 5) is 13.8. The first kappa shape index (κ1) is 11.5. The van der Waals surface area contributed by atoms with Crippen LogP contribution in [0.2, 0.25) is 0 Å². The van der Waals surface area contributed by atoms with E-state index in [9.17, 15) is 4.79 Å². The molecular formula is C11H17N3O. The molecule has 0 bridgehead atoms. The molecule has 0 saturated heterocycles. The van der Waals surface area contributed by atoms with E-state index in [1.165, 1.54) is 0 Å². The highest BCUT2D eigenvalue weighted by Crippen LogP contribution is 2.21. The molecule has 0 aromatic heterocycles. The van der Waals surface area contributed by atoms with Gasteiger partial charge in [0.25, 0.3) is 0 Å². The Labute approximate surface area is 90.2 Å². The van der Waals surface area contributed by atoms with Crippen LogP contribution in [0.15, 0.2) is 23.5 Å². The van der Waals surface area contributed by atoms with Gasteiger partial charge >= 0.3 is 0 Å². The van der Waals surface area contributed by atoms with E-state index in [0.717, 1.165) is 5.57 Å². The maximum absolute atomic E-state index is 11.9. The lowest BCUT2D eigenvalue weighted by Crippen LogP contribution is -2.23. The van der Waals surface area contributed by atoms with Crippen LogP contribution in [0.1, 0.15) is 12.8 Å². The van der Waals surface area contributed by atoms with E-state index >= 15 is 0 Å². The maximum Gasteiger partial charge on any atom is 0.193 e. The number of nitrogens with one attached hydrogen (secondary N) is 2. The van der Waals surface area contributed by atoms with Crippen molar-refractivity contribution in [2.75, 3.05) is 21.1 Å². The average Bonchev–Trinajstić information content (AvgIpc) is 2.16. The molecule has 82 valence electrons. The van der Waals surface area contributed by atoms with Gasteiger partial charge < -0.3 is 15.6 Å². The van der Waals surface area contributed by atoms with E-state index in [4.69, 9.17) is 5.41 Å². The number of allylic oxidation sites excluding steroid dienone is 2. The van der Waals surface area contributed by atoms with Crippen molar-refractivity contribution in [3.8, 4) is 0 Å². The van der Waals surface area contributed by atoms with E-state index in [-0.39, 0.29) is 5.78 Å². The Bertz CT molecular complexity index is 340. The molecule has 1 fully saturated rings. The van der Waals surface area contributed by atoms with Gasteiger partial charge in [-0.3, -0.25) is 4.79 Å². The van der Waals surface area contributed by atoms with Crippen LogP contribution in [0.25, 0.3) is 0 Å². The maximum atomic E-state index is 11.9. The van der Waals surface area contributed by atoms with Gasteiger partial charge in [0.1, 0.15) is 0 Å². The monoisotopic (exact) mass is 207 g/mol. The Hall–Kier alpha value is -1.58. The van der Waals surface area contributed by atoms with Gasteiger partial charge in [-0.25, -0.2) is 0 Å². The Morgan fingerprint density at radius 2 is 2.07 bits per heavy atom. The lowest BCUT2D eigenvalue weighted by atomic mass is 9.88. The molecule has 1 aliphatic rings. The summed E-state index contributed by atoms with van der Waals surface area (Å²) in [6.07, 6.45) is 4.74. The first-order valence-corrected chi connectivity index (χ1v) is 4.93. The van der Waals surface area contributed by atoms with Crippen molar-refractivity contribution in [2.24, 2.45) is 0 Å². The quantitative estimate of drug-likeness (QED) is 0.662. The number of hydrogen-bond donors (Lipinski definition) is 2. The summed E-state index contributed by atoms with van der Waals surface area (Å²) in [6.45, 7) is 0. The number of nitrogens with zero attached hydrogens (tertiary/aromatic N) is 1. The van der Waals surface area contributed by atoms with Gasteiger partial charge in [-0.05, 0) is 12.8 Å². The average molecular weight is 207 g/mol. The number of carbonyl (C=O) groups excluding carboxylic acids is 1. The fraction of sp³-hybridized carbons (Fsp3) is 0.455. The number of carbonyl (C=O) groups is 1. The fourth-order valence-electron chi connectivity index (χ4n) is 1.55. The molecule has 0 spiro atoms. The number of ketones is 1. The van der Waals surface area contributed by atoms with E-state index in [1.54, 1.807) is 13.2 Å². The van der Waals surface area contributed by atoms with Crippen LogP contribution in [-0.4, -0.2) is 37.5 Å².